The van der Waals surface area contributed by atoms with Crippen molar-refractivity contribution < 1.29 is 4.74 Å². The fourth-order valence-electron chi connectivity index (χ4n) is 3.18. The summed E-state index contributed by atoms with van der Waals surface area (Å²) in [4.78, 5) is 2.51. The zero-order valence-electron chi connectivity index (χ0n) is 13.7. The zero-order chi connectivity index (χ0) is 15.9. The van der Waals surface area contributed by atoms with Gasteiger partial charge in [-0.25, -0.2) is 0 Å². The summed E-state index contributed by atoms with van der Waals surface area (Å²) in [6, 6.07) is 18.7. The molecule has 0 aromatic heterocycles. The van der Waals surface area contributed by atoms with Gasteiger partial charge in [-0.1, -0.05) is 42.5 Å². The first kappa shape index (κ1) is 16.0. The number of benzene rings is 2. The van der Waals surface area contributed by atoms with Crippen LogP contribution in [0.25, 0.3) is 0 Å². The predicted octanol–water partition coefficient (Wildman–Crippen LogP) is 3.44. The average molecular weight is 310 g/mol. The summed E-state index contributed by atoms with van der Waals surface area (Å²) in [5, 5.41) is 0. The number of hydrogen-bond donors (Lipinski definition) is 1. The van der Waals surface area contributed by atoms with Crippen molar-refractivity contribution in [3.05, 3.63) is 65.7 Å². The Morgan fingerprint density at radius 3 is 2.52 bits per heavy atom. The molecule has 0 aliphatic carbocycles. The highest BCUT2D eigenvalue weighted by molar-refractivity contribution is 5.27. The van der Waals surface area contributed by atoms with E-state index in [1.54, 1.807) is 0 Å². The Balaban J connectivity index is 1.51. The number of nitrogens with two attached hydrogens (primary N) is 1. The molecule has 0 amide bonds. The summed E-state index contributed by atoms with van der Waals surface area (Å²) in [6.07, 6.45) is 2.54. The Morgan fingerprint density at radius 2 is 1.78 bits per heavy atom. The first-order chi connectivity index (χ1) is 11.3. The van der Waals surface area contributed by atoms with Gasteiger partial charge in [0.2, 0.25) is 0 Å². The van der Waals surface area contributed by atoms with Crippen molar-refractivity contribution in [3.8, 4) is 5.75 Å². The summed E-state index contributed by atoms with van der Waals surface area (Å²) in [6.45, 7) is 4.74. The maximum absolute atomic E-state index is 5.84. The van der Waals surface area contributed by atoms with Gasteiger partial charge in [-0.2, -0.15) is 0 Å². The van der Waals surface area contributed by atoms with E-state index in [1.165, 1.54) is 30.5 Å². The lowest BCUT2D eigenvalue weighted by Gasteiger charge is -2.32. The Bertz CT molecular complexity index is 582. The summed E-state index contributed by atoms with van der Waals surface area (Å²) in [5.74, 6) is 1.59. The maximum atomic E-state index is 5.84. The van der Waals surface area contributed by atoms with Crippen LogP contribution in [0, 0.1) is 5.92 Å². The van der Waals surface area contributed by atoms with E-state index in [1.807, 2.05) is 18.2 Å². The molecule has 2 aromatic carbocycles. The summed E-state index contributed by atoms with van der Waals surface area (Å²) in [5.41, 5.74) is 8.35. The topological polar surface area (TPSA) is 38.5 Å². The number of nitrogens with zero attached hydrogens (tertiary/aromatic N) is 1. The third-order valence-corrected chi connectivity index (χ3v) is 4.51. The van der Waals surface area contributed by atoms with Crippen molar-refractivity contribution in [2.24, 2.45) is 11.7 Å². The highest BCUT2D eigenvalue weighted by Crippen LogP contribution is 2.19. The van der Waals surface area contributed by atoms with Gasteiger partial charge in [-0.15, -0.1) is 0 Å². The van der Waals surface area contributed by atoms with Crippen molar-refractivity contribution in [2.45, 2.75) is 26.0 Å². The highest BCUT2D eigenvalue weighted by atomic mass is 16.5. The number of ether oxygens (including phenoxy) is 1. The second-order valence-electron chi connectivity index (χ2n) is 6.40. The summed E-state index contributed by atoms with van der Waals surface area (Å²) in [7, 11) is 0. The van der Waals surface area contributed by atoms with Crippen LogP contribution in [0.2, 0.25) is 0 Å². The van der Waals surface area contributed by atoms with Crippen LogP contribution in [-0.4, -0.2) is 24.5 Å². The van der Waals surface area contributed by atoms with E-state index in [9.17, 15) is 0 Å². The van der Waals surface area contributed by atoms with E-state index in [-0.39, 0.29) is 0 Å². The van der Waals surface area contributed by atoms with Gasteiger partial charge >= 0.3 is 0 Å². The number of piperidine rings is 1. The Hall–Kier alpha value is -1.84. The van der Waals surface area contributed by atoms with Crippen LogP contribution in [0.4, 0.5) is 0 Å². The number of likely N-dealkylation sites (tertiary alicyclic amines) is 1. The van der Waals surface area contributed by atoms with Crippen LogP contribution in [0.15, 0.2) is 54.6 Å². The van der Waals surface area contributed by atoms with E-state index in [0.29, 0.717) is 12.5 Å². The van der Waals surface area contributed by atoms with Crippen LogP contribution < -0.4 is 10.5 Å². The van der Waals surface area contributed by atoms with E-state index < -0.39 is 0 Å². The fraction of sp³-hybridized carbons (Fsp3) is 0.400. The molecule has 1 saturated heterocycles. The first-order valence-electron chi connectivity index (χ1n) is 8.51. The number of hydrogen-bond acceptors (Lipinski definition) is 3. The van der Waals surface area contributed by atoms with Crippen LogP contribution >= 0.6 is 0 Å². The largest absolute Gasteiger partial charge is 0.489 e. The monoisotopic (exact) mass is 310 g/mol. The molecule has 1 aliphatic heterocycles. The lowest BCUT2D eigenvalue weighted by molar-refractivity contribution is 0.171. The van der Waals surface area contributed by atoms with Gasteiger partial charge in [0.1, 0.15) is 12.4 Å². The second kappa shape index (κ2) is 8.14. The van der Waals surface area contributed by atoms with E-state index in [2.05, 4.69) is 41.3 Å². The number of rotatable bonds is 6. The molecule has 2 N–H and O–H groups in total. The minimum Gasteiger partial charge on any atom is -0.489 e. The standard InChI is InChI=1S/C20H26N2O/c21-13-19-7-4-12-22(15-19)14-17-8-10-20(11-9-17)23-16-18-5-2-1-3-6-18/h1-3,5-6,8-11,19H,4,7,12-16,21H2. The SMILES string of the molecule is NCC1CCCN(Cc2ccc(OCc3ccccc3)cc2)C1. The lowest BCUT2D eigenvalue weighted by atomic mass is 9.98. The van der Waals surface area contributed by atoms with Gasteiger partial charge < -0.3 is 10.5 Å². The first-order valence-corrected chi connectivity index (χ1v) is 8.51. The Labute approximate surface area is 139 Å². The van der Waals surface area contributed by atoms with E-state index in [0.717, 1.165) is 25.4 Å². The predicted molar refractivity (Wildman–Crippen MR) is 94.3 cm³/mol. The molecule has 0 spiro atoms. The normalized spacial score (nSPS) is 18.7. The molecule has 3 rings (SSSR count). The molecule has 3 heteroatoms. The molecule has 0 bridgehead atoms. The van der Waals surface area contributed by atoms with E-state index >= 15 is 0 Å². The van der Waals surface area contributed by atoms with Crippen LogP contribution in [-0.2, 0) is 13.2 Å². The molecule has 1 atom stereocenters. The van der Waals surface area contributed by atoms with Crippen molar-refractivity contribution >= 4 is 0 Å². The molecule has 2 aromatic rings. The molecule has 1 aliphatic rings. The molecular weight excluding hydrogens is 284 g/mol. The van der Waals surface area contributed by atoms with Crippen LogP contribution in [0.1, 0.15) is 24.0 Å². The van der Waals surface area contributed by atoms with Crippen molar-refractivity contribution in [3.63, 3.8) is 0 Å². The smallest absolute Gasteiger partial charge is 0.119 e. The van der Waals surface area contributed by atoms with E-state index in [4.69, 9.17) is 10.5 Å². The van der Waals surface area contributed by atoms with Gasteiger partial charge in [0.05, 0.1) is 0 Å². The van der Waals surface area contributed by atoms with Crippen LogP contribution in [0.3, 0.4) is 0 Å². The minimum absolute atomic E-state index is 0.616. The van der Waals surface area contributed by atoms with Gasteiger partial charge in [-0.3, -0.25) is 4.90 Å². The van der Waals surface area contributed by atoms with Gasteiger partial charge in [0, 0.05) is 13.1 Å². The van der Waals surface area contributed by atoms with Crippen molar-refractivity contribution in [1.82, 2.24) is 4.90 Å². The zero-order valence-corrected chi connectivity index (χ0v) is 13.7. The summed E-state index contributed by atoms with van der Waals surface area (Å²) < 4.78 is 5.84. The second-order valence-corrected chi connectivity index (χ2v) is 6.40. The third kappa shape index (κ3) is 4.81. The molecule has 1 heterocycles. The van der Waals surface area contributed by atoms with Gasteiger partial charge in [-0.05, 0) is 55.1 Å². The Morgan fingerprint density at radius 1 is 1.00 bits per heavy atom. The molecule has 1 fully saturated rings. The molecule has 23 heavy (non-hydrogen) atoms. The molecule has 3 nitrogen and oxygen atoms in total. The minimum atomic E-state index is 0.616. The highest BCUT2D eigenvalue weighted by Gasteiger charge is 2.18. The molecule has 0 saturated carbocycles. The molecule has 122 valence electrons. The Kier molecular flexibility index (Phi) is 5.67. The quantitative estimate of drug-likeness (QED) is 0.888. The van der Waals surface area contributed by atoms with Gasteiger partial charge in [0.25, 0.3) is 0 Å². The van der Waals surface area contributed by atoms with Gasteiger partial charge in [0.15, 0.2) is 0 Å². The molecule has 0 radical (unpaired) electrons. The molecule has 1 unspecified atom stereocenters. The van der Waals surface area contributed by atoms with Crippen molar-refractivity contribution in [1.29, 1.82) is 0 Å². The fourth-order valence-corrected chi connectivity index (χ4v) is 3.18. The maximum Gasteiger partial charge on any atom is 0.119 e. The summed E-state index contributed by atoms with van der Waals surface area (Å²) >= 11 is 0. The third-order valence-electron chi connectivity index (χ3n) is 4.51. The average Bonchev–Trinajstić information content (AvgIpc) is 2.62. The van der Waals surface area contributed by atoms with Crippen LogP contribution in [0.5, 0.6) is 5.75 Å². The molecular formula is C20H26N2O. The van der Waals surface area contributed by atoms with Crippen molar-refractivity contribution in [2.75, 3.05) is 19.6 Å². The lowest BCUT2D eigenvalue weighted by Crippen LogP contribution is -2.37.